The van der Waals surface area contributed by atoms with Crippen molar-refractivity contribution in [3.8, 4) is 0 Å². The van der Waals surface area contributed by atoms with Crippen LogP contribution in [0.1, 0.15) is 37.7 Å². The Hall–Kier alpha value is -2.37. The highest BCUT2D eigenvalue weighted by molar-refractivity contribution is 5.92. The summed E-state index contributed by atoms with van der Waals surface area (Å²) < 4.78 is 1.86. The molecule has 0 radical (unpaired) electrons. The summed E-state index contributed by atoms with van der Waals surface area (Å²) in [5.74, 6) is 1.16. The molecule has 6 heteroatoms. The Labute approximate surface area is 131 Å². The van der Waals surface area contributed by atoms with Gasteiger partial charge in [0.25, 0.3) is 0 Å². The van der Waals surface area contributed by atoms with Crippen LogP contribution in [0.5, 0.6) is 0 Å². The third-order valence-electron chi connectivity index (χ3n) is 3.14. The molecule has 1 heterocycles. The molecule has 1 aromatic heterocycles. The number of anilines is 1. The molecule has 2 rings (SSSR count). The molecule has 0 amide bonds. The second-order valence-electron chi connectivity index (χ2n) is 6.46. The molecule has 22 heavy (non-hydrogen) atoms. The lowest BCUT2D eigenvalue weighted by Crippen LogP contribution is -2.26. The normalized spacial score (nSPS) is 12.5. The average molecular weight is 300 g/mol. The fourth-order valence-corrected chi connectivity index (χ4v) is 2.32. The minimum absolute atomic E-state index is 0.128. The van der Waals surface area contributed by atoms with Crippen LogP contribution in [0.2, 0.25) is 0 Å². The third kappa shape index (κ3) is 4.07. The lowest BCUT2D eigenvalue weighted by molar-refractivity contribution is 0.342. The zero-order valence-electron chi connectivity index (χ0n) is 13.9. The molecule has 0 saturated carbocycles. The minimum Gasteiger partial charge on any atom is -0.370 e. The number of aliphatic imine (C=N–C) groups is 1. The predicted molar refractivity (Wildman–Crippen MR) is 89.9 cm³/mol. The number of nitrogens with one attached hydrogen (secondary N) is 1. The van der Waals surface area contributed by atoms with E-state index in [0.29, 0.717) is 12.5 Å². The molecule has 0 bridgehead atoms. The van der Waals surface area contributed by atoms with Crippen molar-refractivity contribution >= 4 is 11.6 Å². The quantitative estimate of drug-likeness (QED) is 0.674. The summed E-state index contributed by atoms with van der Waals surface area (Å²) in [6, 6.07) is 6.18. The Morgan fingerprint density at radius 1 is 1.23 bits per heavy atom. The number of nitrogens with zero attached hydrogens (tertiary/aromatic N) is 4. The number of rotatable bonds is 3. The van der Waals surface area contributed by atoms with Crippen molar-refractivity contribution in [1.29, 1.82) is 0 Å². The van der Waals surface area contributed by atoms with Crippen LogP contribution in [0.3, 0.4) is 0 Å². The fourth-order valence-electron chi connectivity index (χ4n) is 2.32. The molecule has 118 valence electrons. The summed E-state index contributed by atoms with van der Waals surface area (Å²) in [7, 11) is 0. The van der Waals surface area contributed by atoms with Gasteiger partial charge in [-0.1, -0.05) is 6.07 Å². The van der Waals surface area contributed by atoms with E-state index in [2.05, 4.69) is 61.1 Å². The van der Waals surface area contributed by atoms with Crippen molar-refractivity contribution in [2.24, 2.45) is 10.7 Å². The lowest BCUT2D eigenvalue weighted by atomic mass is 10.1. The van der Waals surface area contributed by atoms with Crippen LogP contribution in [0.25, 0.3) is 0 Å². The van der Waals surface area contributed by atoms with E-state index in [1.54, 1.807) is 6.33 Å². The van der Waals surface area contributed by atoms with Gasteiger partial charge in [0.2, 0.25) is 0 Å². The van der Waals surface area contributed by atoms with Gasteiger partial charge in [-0.05, 0) is 57.9 Å². The monoisotopic (exact) mass is 300 g/mol. The number of aromatic nitrogens is 3. The van der Waals surface area contributed by atoms with Gasteiger partial charge in [0.05, 0.1) is 5.54 Å². The maximum Gasteiger partial charge on any atom is 0.193 e. The molecule has 0 spiro atoms. The molecule has 0 aliphatic carbocycles. The van der Waals surface area contributed by atoms with E-state index < -0.39 is 0 Å². The number of benzene rings is 1. The largest absolute Gasteiger partial charge is 0.370 e. The number of hydrogen-bond donors (Lipinski definition) is 2. The molecule has 6 nitrogen and oxygen atoms in total. The maximum absolute atomic E-state index is 5.96. The number of nitrogens with two attached hydrogens (primary N) is 1. The predicted octanol–water partition coefficient (Wildman–Crippen LogP) is 2.58. The van der Waals surface area contributed by atoms with E-state index in [-0.39, 0.29) is 5.54 Å². The third-order valence-corrected chi connectivity index (χ3v) is 3.14. The zero-order valence-corrected chi connectivity index (χ0v) is 13.9. The fraction of sp³-hybridized carbons (Fsp3) is 0.438. The summed E-state index contributed by atoms with van der Waals surface area (Å²) in [5.41, 5.74) is 9.14. The van der Waals surface area contributed by atoms with Crippen LogP contribution in [0.15, 0.2) is 29.5 Å². The summed E-state index contributed by atoms with van der Waals surface area (Å²) >= 11 is 0. The van der Waals surface area contributed by atoms with Crippen molar-refractivity contribution in [1.82, 2.24) is 14.8 Å². The molecule has 0 aliphatic rings. The molecule has 1 aromatic carbocycles. The van der Waals surface area contributed by atoms with E-state index in [4.69, 9.17) is 5.73 Å². The first-order valence-electron chi connectivity index (χ1n) is 7.30. The van der Waals surface area contributed by atoms with Crippen molar-refractivity contribution in [3.63, 3.8) is 0 Å². The topological polar surface area (TPSA) is 81.1 Å². The van der Waals surface area contributed by atoms with Gasteiger partial charge in [0.15, 0.2) is 5.96 Å². The van der Waals surface area contributed by atoms with E-state index in [1.807, 2.05) is 16.8 Å². The van der Waals surface area contributed by atoms with E-state index in [1.165, 1.54) is 11.1 Å². The molecule has 0 saturated heterocycles. The molecule has 0 fully saturated rings. The van der Waals surface area contributed by atoms with Crippen molar-refractivity contribution in [2.75, 3.05) is 5.32 Å². The Morgan fingerprint density at radius 2 is 1.86 bits per heavy atom. The van der Waals surface area contributed by atoms with Crippen LogP contribution >= 0.6 is 0 Å². The summed E-state index contributed by atoms with van der Waals surface area (Å²) in [6.45, 7) is 10.7. The van der Waals surface area contributed by atoms with E-state index in [0.717, 1.165) is 11.5 Å². The van der Waals surface area contributed by atoms with Gasteiger partial charge in [-0.3, -0.25) is 0 Å². The summed E-state index contributed by atoms with van der Waals surface area (Å²) in [5, 5.41) is 7.36. The first-order valence-corrected chi connectivity index (χ1v) is 7.30. The van der Waals surface area contributed by atoms with Crippen molar-refractivity contribution in [3.05, 3.63) is 41.5 Å². The molecular weight excluding hydrogens is 276 g/mol. The van der Waals surface area contributed by atoms with Crippen molar-refractivity contribution in [2.45, 2.75) is 46.7 Å². The van der Waals surface area contributed by atoms with Gasteiger partial charge in [-0.2, -0.15) is 5.10 Å². The molecule has 0 atom stereocenters. The van der Waals surface area contributed by atoms with E-state index in [9.17, 15) is 0 Å². The van der Waals surface area contributed by atoms with Gasteiger partial charge >= 0.3 is 0 Å². The van der Waals surface area contributed by atoms with Crippen LogP contribution in [0.4, 0.5) is 5.69 Å². The zero-order chi connectivity index (χ0) is 16.3. The van der Waals surface area contributed by atoms with Crippen LogP contribution < -0.4 is 11.1 Å². The molecular formula is C16H24N6. The first kappa shape index (κ1) is 16.0. The van der Waals surface area contributed by atoms with Gasteiger partial charge in [0.1, 0.15) is 18.7 Å². The summed E-state index contributed by atoms with van der Waals surface area (Å²) in [4.78, 5) is 8.61. The Bertz CT molecular complexity index is 658. The van der Waals surface area contributed by atoms with E-state index >= 15 is 0 Å². The van der Waals surface area contributed by atoms with Gasteiger partial charge in [-0.15, -0.1) is 0 Å². The number of hydrogen-bond acceptors (Lipinski definition) is 3. The Kier molecular flexibility index (Phi) is 4.49. The SMILES string of the molecule is Cc1cc(C)cc(NC(N)=NCc2ncnn2C(C)(C)C)c1. The highest BCUT2D eigenvalue weighted by Crippen LogP contribution is 2.15. The second-order valence-corrected chi connectivity index (χ2v) is 6.46. The second kappa shape index (κ2) is 6.17. The maximum atomic E-state index is 5.96. The molecule has 3 N–H and O–H groups in total. The number of guanidine groups is 1. The molecule has 0 unspecified atom stereocenters. The minimum atomic E-state index is -0.128. The number of aryl methyl sites for hydroxylation is 2. The average Bonchev–Trinajstić information content (AvgIpc) is 2.83. The highest BCUT2D eigenvalue weighted by Gasteiger charge is 2.17. The lowest BCUT2D eigenvalue weighted by Gasteiger charge is -2.20. The van der Waals surface area contributed by atoms with Gasteiger partial charge < -0.3 is 11.1 Å². The van der Waals surface area contributed by atoms with Crippen molar-refractivity contribution < 1.29 is 0 Å². The Balaban J connectivity index is 2.09. The smallest absolute Gasteiger partial charge is 0.193 e. The molecule has 2 aromatic rings. The first-order chi connectivity index (χ1) is 10.3. The van der Waals surface area contributed by atoms with Gasteiger partial charge in [0, 0.05) is 5.69 Å². The summed E-state index contributed by atoms with van der Waals surface area (Å²) in [6.07, 6.45) is 1.55. The van der Waals surface area contributed by atoms with Crippen LogP contribution in [0, 0.1) is 13.8 Å². The standard InChI is InChI=1S/C16H24N6/c1-11-6-12(2)8-13(7-11)21-15(17)18-9-14-19-10-20-22(14)16(3,4)5/h6-8,10H,9H2,1-5H3,(H3,17,18,21). The van der Waals surface area contributed by atoms with Gasteiger partial charge in [-0.25, -0.2) is 14.7 Å². The highest BCUT2D eigenvalue weighted by atomic mass is 15.4. The molecule has 0 aliphatic heterocycles. The Morgan fingerprint density at radius 3 is 2.45 bits per heavy atom. The van der Waals surface area contributed by atoms with Crippen LogP contribution in [-0.2, 0) is 12.1 Å². The van der Waals surface area contributed by atoms with Crippen LogP contribution in [-0.4, -0.2) is 20.7 Å².